The molecule has 0 aliphatic carbocycles. The number of likely N-dealkylation sites (tertiary alicyclic amines) is 1. The lowest BCUT2D eigenvalue weighted by molar-refractivity contribution is 0.0951. The maximum atomic E-state index is 12.1. The summed E-state index contributed by atoms with van der Waals surface area (Å²) in [7, 11) is 2.13. The Morgan fingerprint density at radius 2 is 2.41 bits per heavy atom. The van der Waals surface area contributed by atoms with Crippen molar-refractivity contribution in [3.05, 3.63) is 45.7 Å². The molecule has 0 spiro atoms. The van der Waals surface area contributed by atoms with E-state index in [2.05, 4.69) is 27.2 Å². The predicted octanol–water partition coefficient (Wildman–Crippen LogP) is 2.54. The molecule has 5 nitrogen and oxygen atoms in total. The molecule has 116 valence electrons. The lowest BCUT2D eigenvalue weighted by atomic mass is 10.1. The number of nitrogens with one attached hydrogen (secondary N) is 1. The highest BCUT2D eigenvalue weighted by molar-refractivity contribution is 7.08. The number of rotatable bonds is 4. The fraction of sp³-hybridized carbons (Fsp3) is 0.438. The first-order valence-electron chi connectivity index (χ1n) is 7.48. The van der Waals surface area contributed by atoms with E-state index in [-0.39, 0.29) is 5.91 Å². The van der Waals surface area contributed by atoms with E-state index in [0.717, 1.165) is 30.0 Å². The molecule has 1 aliphatic rings. The average Bonchev–Trinajstić information content (AvgIpc) is 3.17. The second-order valence-corrected chi connectivity index (χ2v) is 6.44. The van der Waals surface area contributed by atoms with E-state index in [4.69, 9.17) is 0 Å². The smallest absolute Gasteiger partial charge is 0.252 e. The Morgan fingerprint density at radius 3 is 3.09 bits per heavy atom. The molecule has 3 rings (SSSR count). The summed E-state index contributed by atoms with van der Waals surface area (Å²) in [4.78, 5) is 23.4. The number of hydrogen-bond acceptors (Lipinski definition) is 5. The number of hydrogen-bond donors (Lipinski definition) is 1. The third kappa shape index (κ3) is 3.18. The summed E-state index contributed by atoms with van der Waals surface area (Å²) in [6, 6.07) is 2.16. The van der Waals surface area contributed by atoms with Gasteiger partial charge in [0.1, 0.15) is 5.82 Å². The summed E-state index contributed by atoms with van der Waals surface area (Å²) in [6.45, 7) is 3.47. The lowest BCUT2D eigenvalue weighted by Crippen LogP contribution is -2.26. The molecule has 1 unspecified atom stereocenters. The monoisotopic (exact) mass is 316 g/mol. The average molecular weight is 316 g/mol. The second-order valence-electron chi connectivity index (χ2n) is 5.66. The van der Waals surface area contributed by atoms with Gasteiger partial charge in [-0.3, -0.25) is 9.69 Å². The Morgan fingerprint density at radius 1 is 1.55 bits per heavy atom. The van der Waals surface area contributed by atoms with Gasteiger partial charge in [-0.25, -0.2) is 9.97 Å². The van der Waals surface area contributed by atoms with Crippen molar-refractivity contribution in [3.63, 3.8) is 0 Å². The first-order chi connectivity index (χ1) is 10.6. The molecule has 0 bridgehead atoms. The van der Waals surface area contributed by atoms with Gasteiger partial charge in [-0.15, -0.1) is 0 Å². The van der Waals surface area contributed by atoms with Crippen LogP contribution in [-0.4, -0.2) is 34.4 Å². The Hall–Kier alpha value is -1.79. The molecule has 0 radical (unpaired) electrons. The minimum absolute atomic E-state index is 0.0486. The highest BCUT2D eigenvalue weighted by Gasteiger charge is 2.26. The molecule has 1 aliphatic heterocycles. The number of nitrogens with zero attached hydrogens (tertiary/aromatic N) is 3. The molecule has 22 heavy (non-hydrogen) atoms. The highest BCUT2D eigenvalue weighted by atomic mass is 32.1. The number of carbonyl (C=O) groups is 1. The molecular weight excluding hydrogens is 296 g/mol. The molecule has 2 aromatic rings. The summed E-state index contributed by atoms with van der Waals surface area (Å²) < 4.78 is 0. The van der Waals surface area contributed by atoms with E-state index < -0.39 is 0 Å². The van der Waals surface area contributed by atoms with E-state index in [0.29, 0.717) is 18.2 Å². The molecule has 0 aromatic carbocycles. The van der Waals surface area contributed by atoms with Gasteiger partial charge >= 0.3 is 0 Å². The number of aryl methyl sites for hydroxylation is 1. The topological polar surface area (TPSA) is 58.1 Å². The van der Waals surface area contributed by atoms with Gasteiger partial charge in [0.2, 0.25) is 0 Å². The van der Waals surface area contributed by atoms with Crippen LogP contribution in [0.2, 0.25) is 0 Å². The Labute approximate surface area is 134 Å². The first-order valence-corrected chi connectivity index (χ1v) is 8.42. The van der Waals surface area contributed by atoms with E-state index in [1.165, 1.54) is 17.8 Å². The zero-order chi connectivity index (χ0) is 15.5. The van der Waals surface area contributed by atoms with Crippen molar-refractivity contribution in [2.45, 2.75) is 32.4 Å². The normalized spacial score (nSPS) is 18.5. The van der Waals surface area contributed by atoms with Crippen molar-refractivity contribution in [2.75, 3.05) is 13.6 Å². The van der Waals surface area contributed by atoms with Crippen LogP contribution in [0.1, 0.15) is 46.3 Å². The van der Waals surface area contributed by atoms with Crippen LogP contribution in [-0.2, 0) is 6.54 Å². The van der Waals surface area contributed by atoms with Gasteiger partial charge in [-0.2, -0.15) is 11.3 Å². The summed E-state index contributed by atoms with van der Waals surface area (Å²) in [6.07, 6.45) is 4.14. The predicted molar refractivity (Wildman–Crippen MR) is 86.9 cm³/mol. The maximum absolute atomic E-state index is 12.1. The third-order valence-corrected chi connectivity index (χ3v) is 4.76. The molecule has 2 aromatic heterocycles. The molecule has 6 heteroatoms. The van der Waals surface area contributed by atoms with Gasteiger partial charge in [0.15, 0.2) is 0 Å². The largest absolute Gasteiger partial charge is 0.348 e. The highest BCUT2D eigenvalue weighted by Crippen LogP contribution is 2.31. The molecule has 1 amide bonds. The SMILES string of the molecule is Cc1ncc(CNC(=O)c2ccsc2)c(C2CCCN2C)n1. The van der Waals surface area contributed by atoms with Crippen molar-refractivity contribution in [2.24, 2.45) is 0 Å². The fourth-order valence-corrected chi connectivity index (χ4v) is 3.50. The first kappa shape index (κ1) is 15.1. The fourth-order valence-electron chi connectivity index (χ4n) is 2.86. The van der Waals surface area contributed by atoms with Crippen molar-refractivity contribution < 1.29 is 4.79 Å². The minimum Gasteiger partial charge on any atom is -0.348 e. The zero-order valence-electron chi connectivity index (χ0n) is 12.9. The van der Waals surface area contributed by atoms with E-state index in [1.807, 2.05) is 29.9 Å². The van der Waals surface area contributed by atoms with E-state index in [9.17, 15) is 4.79 Å². The lowest BCUT2D eigenvalue weighted by Gasteiger charge is -2.21. The maximum Gasteiger partial charge on any atom is 0.252 e. The van der Waals surface area contributed by atoms with Gasteiger partial charge in [0.25, 0.3) is 5.91 Å². The van der Waals surface area contributed by atoms with Gasteiger partial charge in [-0.1, -0.05) is 0 Å². The van der Waals surface area contributed by atoms with Crippen LogP contribution in [0.4, 0.5) is 0 Å². The van der Waals surface area contributed by atoms with Crippen molar-refractivity contribution in [3.8, 4) is 0 Å². The van der Waals surface area contributed by atoms with Crippen LogP contribution in [0.25, 0.3) is 0 Å². The number of aromatic nitrogens is 2. The van der Waals surface area contributed by atoms with Gasteiger partial charge in [0, 0.05) is 29.2 Å². The number of thiophene rings is 1. The zero-order valence-corrected chi connectivity index (χ0v) is 13.7. The molecule has 1 atom stereocenters. The molecule has 1 N–H and O–H groups in total. The van der Waals surface area contributed by atoms with Crippen molar-refractivity contribution >= 4 is 17.2 Å². The Kier molecular flexibility index (Phi) is 4.49. The third-order valence-electron chi connectivity index (χ3n) is 4.08. The van der Waals surface area contributed by atoms with Crippen LogP contribution in [0.3, 0.4) is 0 Å². The van der Waals surface area contributed by atoms with Crippen LogP contribution in [0, 0.1) is 6.92 Å². The van der Waals surface area contributed by atoms with E-state index in [1.54, 1.807) is 0 Å². The van der Waals surface area contributed by atoms with Crippen LogP contribution < -0.4 is 5.32 Å². The molecule has 0 saturated carbocycles. The quantitative estimate of drug-likeness (QED) is 0.942. The standard InChI is InChI=1S/C16H20N4OS/c1-11-17-8-13(9-18-16(21)12-5-7-22-10-12)15(19-11)14-4-3-6-20(14)2/h5,7-8,10,14H,3-4,6,9H2,1-2H3,(H,18,21). The summed E-state index contributed by atoms with van der Waals surface area (Å²) >= 11 is 1.52. The van der Waals surface area contributed by atoms with Crippen LogP contribution in [0.5, 0.6) is 0 Å². The minimum atomic E-state index is -0.0486. The molecule has 3 heterocycles. The summed E-state index contributed by atoms with van der Waals surface area (Å²) in [5.41, 5.74) is 2.77. The van der Waals surface area contributed by atoms with Crippen LogP contribution >= 0.6 is 11.3 Å². The van der Waals surface area contributed by atoms with Crippen LogP contribution in [0.15, 0.2) is 23.0 Å². The van der Waals surface area contributed by atoms with Crippen molar-refractivity contribution in [1.82, 2.24) is 20.2 Å². The molecule has 1 saturated heterocycles. The number of carbonyl (C=O) groups excluding carboxylic acids is 1. The summed E-state index contributed by atoms with van der Waals surface area (Å²) in [5, 5.41) is 6.73. The molecule has 1 fully saturated rings. The number of amides is 1. The van der Waals surface area contributed by atoms with Gasteiger partial charge in [0.05, 0.1) is 11.7 Å². The summed E-state index contributed by atoms with van der Waals surface area (Å²) in [5.74, 6) is 0.732. The Balaban J connectivity index is 1.77. The molecular formula is C16H20N4OS. The Bertz CT molecular complexity index is 656. The second kappa shape index (κ2) is 6.54. The van der Waals surface area contributed by atoms with Gasteiger partial charge < -0.3 is 5.32 Å². The van der Waals surface area contributed by atoms with Crippen molar-refractivity contribution in [1.29, 1.82) is 0 Å². The van der Waals surface area contributed by atoms with Gasteiger partial charge in [-0.05, 0) is 44.8 Å². The van der Waals surface area contributed by atoms with E-state index >= 15 is 0 Å².